The molecule has 4 amide bonds. The van der Waals surface area contributed by atoms with Crippen molar-refractivity contribution in [3.63, 3.8) is 0 Å². The number of hydrogen-bond acceptors (Lipinski definition) is 5. The lowest BCUT2D eigenvalue weighted by Gasteiger charge is -2.34. The first kappa shape index (κ1) is 22.1. The van der Waals surface area contributed by atoms with Gasteiger partial charge >= 0.3 is 0 Å². The fourth-order valence-corrected chi connectivity index (χ4v) is 4.55. The molecule has 2 aliphatic heterocycles. The molecule has 1 aromatic rings. The van der Waals surface area contributed by atoms with Gasteiger partial charge in [0.1, 0.15) is 5.82 Å². The summed E-state index contributed by atoms with van der Waals surface area (Å²) in [6, 6.07) is 5.58. The van der Waals surface area contributed by atoms with Gasteiger partial charge in [0.2, 0.25) is 23.6 Å². The number of halogens is 1. The van der Waals surface area contributed by atoms with E-state index in [1.165, 1.54) is 29.2 Å². The average Bonchev–Trinajstić information content (AvgIpc) is 3.04. The summed E-state index contributed by atoms with van der Waals surface area (Å²) in [6.45, 7) is 2.40. The van der Waals surface area contributed by atoms with Gasteiger partial charge in [0.15, 0.2) is 0 Å². The quantitative estimate of drug-likeness (QED) is 0.529. The Morgan fingerprint density at radius 1 is 0.938 bits per heavy atom. The average molecular weight is 442 g/mol. The van der Waals surface area contributed by atoms with Crippen molar-refractivity contribution in [2.75, 3.05) is 44.6 Å². The number of allylic oxidation sites excluding steroid dienone is 2. The molecule has 170 valence electrons. The lowest BCUT2D eigenvalue weighted by Crippen LogP contribution is -2.51. The number of rotatable bonds is 6. The molecular formula is C23H27FN4O4. The number of likely N-dealkylation sites (tertiary alicyclic amines) is 1. The van der Waals surface area contributed by atoms with Crippen molar-refractivity contribution < 1.29 is 23.6 Å². The molecule has 2 saturated heterocycles. The van der Waals surface area contributed by atoms with E-state index in [-0.39, 0.29) is 60.8 Å². The molecule has 2 fully saturated rings. The zero-order valence-corrected chi connectivity index (χ0v) is 17.8. The third-order valence-electron chi connectivity index (χ3n) is 6.37. The van der Waals surface area contributed by atoms with E-state index >= 15 is 0 Å². The summed E-state index contributed by atoms with van der Waals surface area (Å²) in [6.07, 6.45) is 5.20. The van der Waals surface area contributed by atoms with Gasteiger partial charge in [0, 0.05) is 44.8 Å². The van der Waals surface area contributed by atoms with Crippen LogP contribution in [0.25, 0.3) is 0 Å². The first-order chi connectivity index (χ1) is 15.4. The topological polar surface area (TPSA) is 90.0 Å². The molecule has 8 nitrogen and oxygen atoms in total. The van der Waals surface area contributed by atoms with Crippen LogP contribution < -0.4 is 5.32 Å². The molecule has 0 radical (unpaired) electrons. The zero-order chi connectivity index (χ0) is 22.7. The van der Waals surface area contributed by atoms with E-state index in [0.29, 0.717) is 44.7 Å². The first-order valence-electron chi connectivity index (χ1n) is 11.0. The number of piperazine rings is 1. The van der Waals surface area contributed by atoms with Crippen LogP contribution in [0.5, 0.6) is 0 Å². The number of benzene rings is 1. The highest BCUT2D eigenvalue weighted by atomic mass is 19.1. The van der Waals surface area contributed by atoms with Crippen LogP contribution in [0.4, 0.5) is 10.1 Å². The number of amides is 4. The van der Waals surface area contributed by atoms with Crippen LogP contribution in [-0.2, 0) is 19.2 Å². The number of fused-ring (bicyclic) bond motifs is 1. The molecule has 0 aromatic heterocycles. The Balaban J connectivity index is 1.19. The van der Waals surface area contributed by atoms with Gasteiger partial charge < -0.3 is 10.2 Å². The number of hydrogen-bond donors (Lipinski definition) is 1. The molecule has 0 bridgehead atoms. The van der Waals surface area contributed by atoms with Crippen molar-refractivity contribution in [2.45, 2.75) is 19.3 Å². The van der Waals surface area contributed by atoms with Crippen LogP contribution in [0.15, 0.2) is 36.4 Å². The summed E-state index contributed by atoms with van der Waals surface area (Å²) in [5.41, 5.74) is 0.534. The van der Waals surface area contributed by atoms with E-state index in [1.54, 1.807) is 4.90 Å². The highest BCUT2D eigenvalue weighted by molar-refractivity contribution is 6.05. The third kappa shape index (κ3) is 4.88. The molecule has 0 unspecified atom stereocenters. The molecule has 2 heterocycles. The zero-order valence-electron chi connectivity index (χ0n) is 17.8. The second kappa shape index (κ2) is 9.60. The monoisotopic (exact) mass is 442 g/mol. The van der Waals surface area contributed by atoms with Crippen LogP contribution in [0.2, 0.25) is 0 Å². The van der Waals surface area contributed by atoms with Crippen molar-refractivity contribution >= 4 is 29.3 Å². The van der Waals surface area contributed by atoms with Gasteiger partial charge in [-0.25, -0.2) is 4.39 Å². The molecule has 0 saturated carbocycles. The predicted molar refractivity (Wildman–Crippen MR) is 115 cm³/mol. The summed E-state index contributed by atoms with van der Waals surface area (Å²) >= 11 is 0. The maximum absolute atomic E-state index is 13.0. The molecular weight excluding hydrogens is 415 g/mol. The van der Waals surface area contributed by atoms with Crippen LogP contribution in [0.1, 0.15) is 19.3 Å². The molecule has 4 rings (SSSR count). The van der Waals surface area contributed by atoms with Crippen molar-refractivity contribution in [1.82, 2.24) is 14.7 Å². The van der Waals surface area contributed by atoms with Crippen LogP contribution in [0, 0.1) is 17.7 Å². The molecule has 2 atom stereocenters. The van der Waals surface area contributed by atoms with Crippen LogP contribution >= 0.6 is 0 Å². The van der Waals surface area contributed by atoms with Crippen LogP contribution in [-0.4, -0.2) is 77.6 Å². The minimum atomic E-state index is -0.363. The Kier molecular flexibility index (Phi) is 6.64. The van der Waals surface area contributed by atoms with Gasteiger partial charge in [-0.1, -0.05) is 12.2 Å². The number of carbonyl (C=O) groups is 4. The molecule has 3 aliphatic rings. The number of imide groups is 1. The minimum Gasteiger partial charge on any atom is -0.340 e. The third-order valence-corrected chi connectivity index (χ3v) is 6.37. The second-order valence-corrected chi connectivity index (χ2v) is 8.45. The highest BCUT2D eigenvalue weighted by Gasteiger charge is 2.47. The number of nitrogens with zero attached hydrogens (tertiary/aromatic N) is 3. The van der Waals surface area contributed by atoms with Crippen LogP contribution in [0.3, 0.4) is 0 Å². The van der Waals surface area contributed by atoms with Gasteiger partial charge in [-0.3, -0.25) is 29.0 Å². The largest absolute Gasteiger partial charge is 0.340 e. The molecule has 9 heteroatoms. The van der Waals surface area contributed by atoms with Gasteiger partial charge in [0.05, 0.1) is 18.4 Å². The summed E-state index contributed by atoms with van der Waals surface area (Å²) in [5.74, 6) is -1.51. The molecule has 1 aliphatic carbocycles. The Morgan fingerprint density at radius 2 is 1.53 bits per heavy atom. The summed E-state index contributed by atoms with van der Waals surface area (Å²) in [7, 11) is 0. The number of carbonyl (C=O) groups excluding carboxylic acids is 4. The van der Waals surface area contributed by atoms with E-state index in [0.717, 1.165) is 0 Å². The van der Waals surface area contributed by atoms with E-state index in [2.05, 4.69) is 5.32 Å². The van der Waals surface area contributed by atoms with Gasteiger partial charge in [-0.15, -0.1) is 0 Å². The Hall–Kier alpha value is -3.07. The Bertz CT molecular complexity index is 898. The predicted octanol–water partition coefficient (Wildman–Crippen LogP) is 1.25. The lowest BCUT2D eigenvalue weighted by molar-refractivity contribution is -0.141. The Labute approximate surface area is 186 Å². The summed E-state index contributed by atoms with van der Waals surface area (Å²) in [4.78, 5) is 54.8. The van der Waals surface area contributed by atoms with Crippen molar-refractivity contribution in [2.24, 2.45) is 11.8 Å². The van der Waals surface area contributed by atoms with Gasteiger partial charge in [0.25, 0.3) is 0 Å². The standard InChI is InChI=1S/C23H27FN4O4/c24-16-5-7-17(8-6-16)25-20(29)15-26-11-13-27(14-12-26)21(30)9-10-28-22(31)18-3-1-2-4-19(18)23(28)32/h1-2,5-8,18-19H,3-4,9-15H2,(H,25,29)/t18-,19-/m0/s1. The molecule has 32 heavy (non-hydrogen) atoms. The lowest BCUT2D eigenvalue weighted by atomic mass is 9.85. The normalized spacial score (nSPS) is 23.4. The van der Waals surface area contributed by atoms with Gasteiger partial charge in [-0.2, -0.15) is 0 Å². The van der Waals surface area contributed by atoms with Crippen molar-refractivity contribution in [3.8, 4) is 0 Å². The molecule has 1 aromatic carbocycles. The molecule has 0 spiro atoms. The SMILES string of the molecule is O=C(CN1CCN(C(=O)CCN2C(=O)[C@H]3CC=CC[C@@H]3C2=O)CC1)Nc1ccc(F)cc1. The maximum Gasteiger partial charge on any atom is 0.238 e. The molecule has 1 N–H and O–H groups in total. The Morgan fingerprint density at radius 3 is 2.12 bits per heavy atom. The fraction of sp³-hybridized carbons (Fsp3) is 0.478. The summed E-state index contributed by atoms with van der Waals surface area (Å²) < 4.78 is 13.0. The van der Waals surface area contributed by atoms with E-state index in [9.17, 15) is 23.6 Å². The highest BCUT2D eigenvalue weighted by Crippen LogP contribution is 2.35. The van der Waals surface area contributed by atoms with E-state index in [4.69, 9.17) is 0 Å². The number of nitrogens with one attached hydrogen (secondary N) is 1. The maximum atomic E-state index is 13.0. The van der Waals surface area contributed by atoms with E-state index in [1.807, 2.05) is 17.1 Å². The second-order valence-electron chi connectivity index (χ2n) is 8.45. The fourth-order valence-electron chi connectivity index (χ4n) is 4.55. The van der Waals surface area contributed by atoms with E-state index < -0.39 is 0 Å². The van der Waals surface area contributed by atoms with Crippen molar-refractivity contribution in [3.05, 3.63) is 42.2 Å². The van der Waals surface area contributed by atoms with Crippen molar-refractivity contribution in [1.29, 1.82) is 0 Å². The summed E-state index contributed by atoms with van der Waals surface area (Å²) in [5, 5.41) is 2.73. The van der Waals surface area contributed by atoms with Gasteiger partial charge in [-0.05, 0) is 37.1 Å². The first-order valence-corrected chi connectivity index (χ1v) is 11.0. The minimum absolute atomic E-state index is 0.0889. The number of anilines is 1. The smallest absolute Gasteiger partial charge is 0.238 e.